The molecular weight excluding hydrogens is 426 g/mol. The van der Waals surface area contributed by atoms with Gasteiger partial charge in [-0.05, 0) is 49.0 Å². The number of aromatic amines is 1. The lowest BCUT2D eigenvalue weighted by molar-refractivity contribution is -0.120. The molecule has 0 aliphatic heterocycles. The Kier molecular flexibility index (Phi) is 6.46. The van der Waals surface area contributed by atoms with E-state index in [0.717, 1.165) is 23.3 Å². The zero-order valence-electron chi connectivity index (χ0n) is 17.6. The van der Waals surface area contributed by atoms with E-state index in [0.29, 0.717) is 29.0 Å². The number of H-pyrrole nitrogens is 1. The quantitative estimate of drug-likeness (QED) is 0.354. The van der Waals surface area contributed by atoms with Crippen LogP contribution in [0.5, 0.6) is 0 Å². The van der Waals surface area contributed by atoms with E-state index in [4.69, 9.17) is 16.6 Å². The van der Waals surface area contributed by atoms with Crippen molar-refractivity contribution in [3.63, 3.8) is 0 Å². The van der Waals surface area contributed by atoms with Gasteiger partial charge in [0.2, 0.25) is 5.91 Å². The third kappa shape index (κ3) is 4.94. The van der Waals surface area contributed by atoms with Crippen LogP contribution in [0.1, 0.15) is 28.9 Å². The molecule has 0 radical (unpaired) electrons. The Morgan fingerprint density at radius 2 is 1.94 bits per heavy atom. The predicted octanol–water partition coefficient (Wildman–Crippen LogP) is 3.86. The highest BCUT2D eigenvalue weighted by Crippen LogP contribution is 2.20. The van der Waals surface area contributed by atoms with Crippen LogP contribution in [0, 0.1) is 4.77 Å². The van der Waals surface area contributed by atoms with Gasteiger partial charge in [-0.3, -0.25) is 14.7 Å². The molecule has 3 N–H and O–H groups in total. The second kappa shape index (κ2) is 9.61. The van der Waals surface area contributed by atoms with Crippen molar-refractivity contribution >= 4 is 40.7 Å². The number of carbonyl (C=O) groups is 2. The molecule has 0 bridgehead atoms. The molecule has 0 aliphatic carbocycles. The molecule has 0 atom stereocenters. The van der Waals surface area contributed by atoms with Crippen LogP contribution >= 0.6 is 12.2 Å². The maximum absolute atomic E-state index is 12.4. The van der Waals surface area contributed by atoms with Gasteiger partial charge in [0, 0.05) is 30.6 Å². The molecule has 2 aromatic heterocycles. The fourth-order valence-corrected chi connectivity index (χ4v) is 3.70. The van der Waals surface area contributed by atoms with Crippen molar-refractivity contribution in [1.29, 1.82) is 0 Å². The highest BCUT2D eigenvalue weighted by Gasteiger charge is 2.12. The van der Waals surface area contributed by atoms with E-state index in [1.165, 1.54) is 0 Å². The average molecular weight is 450 g/mol. The Hall–Kier alpha value is -3.72. The lowest BCUT2D eigenvalue weighted by atomic mass is 10.1. The minimum absolute atomic E-state index is 0.0822. The molecule has 2 amide bonds. The summed E-state index contributed by atoms with van der Waals surface area (Å²) < 4.78 is 8.07. The van der Waals surface area contributed by atoms with E-state index >= 15 is 0 Å². The molecule has 4 rings (SSSR count). The topological polar surface area (TPSA) is 105 Å². The van der Waals surface area contributed by atoms with Crippen LogP contribution in [0.25, 0.3) is 11.0 Å². The van der Waals surface area contributed by atoms with Crippen LogP contribution in [0.2, 0.25) is 0 Å². The molecule has 0 spiro atoms. The zero-order chi connectivity index (χ0) is 22.5. The van der Waals surface area contributed by atoms with Crippen LogP contribution in [0.15, 0.2) is 59.0 Å². The molecule has 2 heterocycles. The maximum atomic E-state index is 12.4. The number of benzene rings is 2. The smallest absolute Gasteiger partial charge is 0.291 e. The third-order valence-corrected chi connectivity index (χ3v) is 5.36. The monoisotopic (exact) mass is 449 g/mol. The molecule has 0 saturated carbocycles. The molecule has 4 aromatic rings. The summed E-state index contributed by atoms with van der Waals surface area (Å²) in [6.45, 7) is 3.21. The maximum Gasteiger partial charge on any atom is 0.291 e. The first-order valence-corrected chi connectivity index (χ1v) is 10.7. The number of hydrogen-bond acceptors (Lipinski definition) is 5. The van der Waals surface area contributed by atoms with E-state index in [-0.39, 0.29) is 24.0 Å². The van der Waals surface area contributed by atoms with Gasteiger partial charge in [-0.1, -0.05) is 30.3 Å². The van der Waals surface area contributed by atoms with Crippen molar-refractivity contribution in [3.05, 3.63) is 76.5 Å². The van der Waals surface area contributed by atoms with E-state index in [2.05, 4.69) is 20.8 Å². The zero-order valence-corrected chi connectivity index (χ0v) is 18.4. The number of amides is 2. The Bertz CT molecular complexity index is 1270. The van der Waals surface area contributed by atoms with Crippen LogP contribution in [0.4, 0.5) is 5.69 Å². The Labute approximate surface area is 189 Å². The second-order valence-electron chi connectivity index (χ2n) is 7.27. The first-order valence-electron chi connectivity index (χ1n) is 10.3. The molecular formula is C23H23N5O3S. The minimum atomic E-state index is -0.323. The lowest BCUT2D eigenvalue weighted by Gasteiger charge is -2.07. The SMILES string of the molecule is CCn1c(CCNC(=O)Cc2ccc(NC(=O)c3cc4ccccc4o3)cc2)n[nH]c1=S. The molecule has 0 unspecified atom stereocenters. The van der Waals surface area contributed by atoms with Crippen LogP contribution < -0.4 is 10.6 Å². The summed E-state index contributed by atoms with van der Waals surface area (Å²) in [7, 11) is 0. The average Bonchev–Trinajstić information content (AvgIpc) is 3.38. The van der Waals surface area contributed by atoms with Gasteiger partial charge >= 0.3 is 0 Å². The number of fused-ring (bicyclic) bond motifs is 1. The van der Waals surface area contributed by atoms with Gasteiger partial charge in [0.1, 0.15) is 11.4 Å². The molecule has 9 heteroatoms. The summed E-state index contributed by atoms with van der Waals surface area (Å²) in [4.78, 5) is 24.7. The second-order valence-corrected chi connectivity index (χ2v) is 7.65. The predicted molar refractivity (Wildman–Crippen MR) is 124 cm³/mol. The highest BCUT2D eigenvalue weighted by molar-refractivity contribution is 7.71. The Morgan fingerprint density at radius 1 is 1.16 bits per heavy atom. The number of nitrogens with zero attached hydrogens (tertiary/aromatic N) is 2. The van der Waals surface area contributed by atoms with Gasteiger partial charge in [-0.25, -0.2) is 0 Å². The summed E-state index contributed by atoms with van der Waals surface area (Å²) >= 11 is 5.17. The van der Waals surface area contributed by atoms with E-state index in [1.807, 2.05) is 47.9 Å². The van der Waals surface area contributed by atoms with E-state index in [1.54, 1.807) is 18.2 Å². The molecule has 0 fully saturated rings. The minimum Gasteiger partial charge on any atom is -0.451 e. The van der Waals surface area contributed by atoms with Crippen molar-refractivity contribution in [2.45, 2.75) is 26.3 Å². The van der Waals surface area contributed by atoms with Gasteiger partial charge in [-0.15, -0.1) is 0 Å². The van der Waals surface area contributed by atoms with Crippen LogP contribution in [-0.2, 0) is 24.2 Å². The third-order valence-electron chi connectivity index (χ3n) is 5.05. The molecule has 32 heavy (non-hydrogen) atoms. The van der Waals surface area contributed by atoms with Gasteiger partial charge in [0.25, 0.3) is 5.91 Å². The number of furan rings is 1. The standard InChI is InChI=1S/C23H23N5O3S/c1-2-28-20(26-27-23(28)32)11-12-24-21(29)13-15-7-9-17(10-8-15)25-22(30)19-14-16-5-3-4-6-18(16)31-19/h3-10,14H,2,11-13H2,1H3,(H,24,29)(H,25,30)(H,27,32). The number of anilines is 1. The first kappa shape index (κ1) is 21.5. The van der Waals surface area contributed by atoms with Gasteiger partial charge in [0.05, 0.1) is 6.42 Å². The number of para-hydroxylation sites is 1. The lowest BCUT2D eigenvalue weighted by Crippen LogP contribution is -2.28. The number of aromatic nitrogens is 3. The fraction of sp³-hybridized carbons (Fsp3) is 0.217. The fourth-order valence-electron chi connectivity index (χ4n) is 3.42. The van der Waals surface area contributed by atoms with E-state index < -0.39 is 0 Å². The molecule has 2 aromatic carbocycles. The number of nitrogens with one attached hydrogen (secondary N) is 3. The summed E-state index contributed by atoms with van der Waals surface area (Å²) in [5.74, 6) is 0.666. The van der Waals surface area contributed by atoms with Gasteiger partial charge in [0.15, 0.2) is 10.5 Å². The Morgan fingerprint density at radius 3 is 2.69 bits per heavy atom. The van der Waals surface area contributed by atoms with Gasteiger partial charge in [-0.2, -0.15) is 5.10 Å². The highest BCUT2D eigenvalue weighted by atomic mass is 32.1. The van der Waals surface area contributed by atoms with E-state index in [9.17, 15) is 9.59 Å². The summed E-state index contributed by atoms with van der Waals surface area (Å²) in [5, 5.41) is 13.5. The van der Waals surface area contributed by atoms with Crippen molar-refractivity contribution in [2.24, 2.45) is 0 Å². The van der Waals surface area contributed by atoms with Crippen molar-refractivity contribution in [2.75, 3.05) is 11.9 Å². The molecule has 0 aliphatic rings. The normalized spacial score (nSPS) is 10.9. The molecule has 0 saturated heterocycles. The van der Waals surface area contributed by atoms with Gasteiger partial charge < -0.3 is 19.6 Å². The Balaban J connectivity index is 1.28. The van der Waals surface area contributed by atoms with Crippen molar-refractivity contribution in [1.82, 2.24) is 20.1 Å². The number of carbonyl (C=O) groups excluding carboxylic acids is 2. The summed E-state index contributed by atoms with van der Waals surface area (Å²) in [5.41, 5.74) is 2.14. The first-order chi connectivity index (χ1) is 15.5. The number of hydrogen-bond donors (Lipinski definition) is 3. The largest absolute Gasteiger partial charge is 0.451 e. The molecule has 164 valence electrons. The molecule has 8 nitrogen and oxygen atoms in total. The summed E-state index contributed by atoms with van der Waals surface area (Å²) in [6, 6.07) is 16.3. The van der Waals surface area contributed by atoms with Crippen molar-refractivity contribution < 1.29 is 14.0 Å². The summed E-state index contributed by atoms with van der Waals surface area (Å²) in [6.07, 6.45) is 0.845. The van der Waals surface area contributed by atoms with Crippen LogP contribution in [0.3, 0.4) is 0 Å². The van der Waals surface area contributed by atoms with Crippen molar-refractivity contribution in [3.8, 4) is 0 Å². The van der Waals surface area contributed by atoms with Crippen LogP contribution in [-0.4, -0.2) is 33.1 Å². The number of rotatable bonds is 8.